The van der Waals surface area contributed by atoms with Gasteiger partial charge in [-0.1, -0.05) is 60.1 Å². The molecule has 0 atom stereocenters. The Labute approximate surface area is 178 Å². The van der Waals surface area contributed by atoms with Crippen LogP contribution in [0, 0.1) is 0 Å². The van der Waals surface area contributed by atoms with Crippen LogP contribution in [0.15, 0.2) is 82.8 Å². The molecule has 6 nitrogen and oxygen atoms in total. The van der Waals surface area contributed by atoms with Crippen molar-refractivity contribution in [2.24, 2.45) is 5.10 Å². The number of para-hydroxylation sites is 1. The molecule has 4 rings (SSSR count). The molecule has 0 bridgehead atoms. The summed E-state index contributed by atoms with van der Waals surface area (Å²) in [5, 5.41) is 10.6. The molecule has 0 spiro atoms. The second-order valence-electron chi connectivity index (χ2n) is 6.43. The van der Waals surface area contributed by atoms with Gasteiger partial charge in [0.2, 0.25) is 0 Å². The maximum absolute atomic E-state index is 12.6. The minimum Gasteiger partial charge on any atom is -0.493 e. The number of hydrazone groups is 1. The Kier molecular flexibility index (Phi) is 5.77. The van der Waals surface area contributed by atoms with E-state index in [4.69, 9.17) is 16.3 Å². The SMILES string of the molecule is CCOc1ccc2ccccc2c1/C=N\Nc1cnn(-c2ccccc2)c(=O)c1Cl. The van der Waals surface area contributed by atoms with Gasteiger partial charge in [0.25, 0.3) is 5.56 Å². The zero-order chi connectivity index (χ0) is 20.9. The Hall–Kier alpha value is -3.64. The van der Waals surface area contributed by atoms with Crippen molar-refractivity contribution in [2.75, 3.05) is 12.0 Å². The largest absolute Gasteiger partial charge is 0.493 e. The summed E-state index contributed by atoms with van der Waals surface area (Å²) >= 11 is 6.27. The average molecular weight is 419 g/mol. The number of aromatic nitrogens is 2. The summed E-state index contributed by atoms with van der Waals surface area (Å²) < 4.78 is 6.99. The van der Waals surface area contributed by atoms with Crippen molar-refractivity contribution in [3.63, 3.8) is 0 Å². The summed E-state index contributed by atoms with van der Waals surface area (Å²) in [6.45, 7) is 2.47. The molecule has 0 saturated carbocycles. The second-order valence-corrected chi connectivity index (χ2v) is 6.80. The molecule has 0 fully saturated rings. The van der Waals surface area contributed by atoms with E-state index >= 15 is 0 Å². The molecule has 0 aliphatic carbocycles. The molecule has 1 heterocycles. The lowest BCUT2D eigenvalue weighted by Gasteiger charge is -2.10. The minimum atomic E-state index is -0.428. The van der Waals surface area contributed by atoms with Crippen molar-refractivity contribution < 1.29 is 4.74 Å². The lowest BCUT2D eigenvalue weighted by Crippen LogP contribution is -2.22. The maximum atomic E-state index is 12.6. The standard InChI is InChI=1S/C23H19ClN4O2/c1-2-30-21-13-12-16-8-6-7-11-18(16)19(21)14-25-27-20-15-26-28(23(29)22(20)24)17-9-4-3-5-10-17/h3-15,27H,2H2,1H3/b25-14-. The molecule has 3 aromatic carbocycles. The fraction of sp³-hybridized carbons (Fsp3) is 0.0870. The first kappa shape index (κ1) is 19.7. The van der Waals surface area contributed by atoms with Crippen molar-refractivity contribution in [2.45, 2.75) is 6.92 Å². The Morgan fingerprint density at radius 1 is 1.10 bits per heavy atom. The number of nitrogens with one attached hydrogen (secondary N) is 1. The number of ether oxygens (including phenoxy) is 1. The summed E-state index contributed by atoms with van der Waals surface area (Å²) in [6, 6.07) is 21.0. The second kappa shape index (κ2) is 8.80. The van der Waals surface area contributed by atoms with Crippen LogP contribution in [0.4, 0.5) is 5.69 Å². The van der Waals surface area contributed by atoms with Gasteiger partial charge in [-0.15, -0.1) is 0 Å². The van der Waals surface area contributed by atoms with Gasteiger partial charge in [0.1, 0.15) is 16.5 Å². The van der Waals surface area contributed by atoms with Crippen molar-refractivity contribution in [3.05, 3.63) is 93.9 Å². The van der Waals surface area contributed by atoms with Gasteiger partial charge in [0.15, 0.2) is 0 Å². The number of rotatable bonds is 6. The Morgan fingerprint density at radius 3 is 2.67 bits per heavy atom. The van der Waals surface area contributed by atoms with Gasteiger partial charge in [-0.25, -0.2) is 0 Å². The third-order valence-electron chi connectivity index (χ3n) is 4.53. The normalized spacial score (nSPS) is 11.1. The molecule has 0 amide bonds. The first-order valence-electron chi connectivity index (χ1n) is 9.46. The van der Waals surface area contributed by atoms with Crippen LogP contribution in [0.1, 0.15) is 12.5 Å². The van der Waals surface area contributed by atoms with E-state index in [0.717, 1.165) is 22.1 Å². The number of hydrogen-bond donors (Lipinski definition) is 1. The zero-order valence-corrected chi connectivity index (χ0v) is 17.0. The lowest BCUT2D eigenvalue weighted by molar-refractivity contribution is 0.340. The highest BCUT2D eigenvalue weighted by molar-refractivity contribution is 6.33. The monoisotopic (exact) mass is 418 g/mol. The van der Waals surface area contributed by atoms with Crippen LogP contribution in [0.3, 0.4) is 0 Å². The Morgan fingerprint density at radius 2 is 1.87 bits per heavy atom. The summed E-state index contributed by atoms with van der Waals surface area (Å²) in [5.41, 5.74) is 4.19. The number of benzene rings is 3. The number of halogens is 1. The van der Waals surface area contributed by atoms with Crippen molar-refractivity contribution in [1.82, 2.24) is 9.78 Å². The lowest BCUT2D eigenvalue weighted by atomic mass is 10.0. The molecule has 0 saturated heterocycles. The summed E-state index contributed by atoms with van der Waals surface area (Å²) in [7, 11) is 0. The van der Waals surface area contributed by atoms with Crippen LogP contribution in [0.25, 0.3) is 16.5 Å². The number of fused-ring (bicyclic) bond motifs is 1. The molecular weight excluding hydrogens is 400 g/mol. The van der Waals surface area contributed by atoms with Gasteiger partial charge in [-0.3, -0.25) is 10.2 Å². The van der Waals surface area contributed by atoms with Crippen LogP contribution in [0.5, 0.6) is 5.75 Å². The summed E-state index contributed by atoms with van der Waals surface area (Å²) in [4.78, 5) is 12.6. The third-order valence-corrected chi connectivity index (χ3v) is 4.89. The minimum absolute atomic E-state index is 0.00829. The zero-order valence-electron chi connectivity index (χ0n) is 16.2. The first-order chi connectivity index (χ1) is 14.7. The molecule has 0 aliphatic rings. The quantitative estimate of drug-likeness (QED) is 0.358. The van der Waals surface area contributed by atoms with Crippen LogP contribution in [-0.2, 0) is 0 Å². The van der Waals surface area contributed by atoms with E-state index < -0.39 is 5.56 Å². The molecular formula is C23H19ClN4O2. The first-order valence-corrected chi connectivity index (χ1v) is 9.83. The third kappa shape index (κ3) is 3.90. The highest BCUT2D eigenvalue weighted by Gasteiger charge is 2.11. The van der Waals surface area contributed by atoms with Gasteiger partial charge in [0, 0.05) is 5.56 Å². The fourth-order valence-electron chi connectivity index (χ4n) is 3.12. The van der Waals surface area contributed by atoms with Crippen LogP contribution >= 0.6 is 11.6 Å². The topological polar surface area (TPSA) is 68.5 Å². The van der Waals surface area contributed by atoms with E-state index in [2.05, 4.69) is 15.6 Å². The van der Waals surface area contributed by atoms with E-state index in [-0.39, 0.29) is 5.02 Å². The van der Waals surface area contributed by atoms with E-state index in [0.29, 0.717) is 18.0 Å². The van der Waals surface area contributed by atoms with Gasteiger partial charge in [0.05, 0.1) is 24.7 Å². The van der Waals surface area contributed by atoms with Gasteiger partial charge < -0.3 is 4.74 Å². The van der Waals surface area contributed by atoms with Crippen molar-refractivity contribution >= 4 is 34.3 Å². The van der Waals surface area contributed by atoms with Crippen molar-refractivity contribution in [1.29, 1.82) is 0 Å². The highest BCUT2D eigenvalue weighted by Crippen LogP contribution is 2.27. The predicted molar refractivity (Wildman–Crippen MR) is 121 cm³/mol. The Balaban J connectivity index is 1.65. The number of anilines is 1. The summed E-state index contributed by atoms with van der Waals surface area (Å²) in [6.07, 6.45) is 3.13. The molecule has 1 aromatic heterocycles. The molecule has 0 aliphatic heterocycles. The van der Waals surface area contributed by atoms with E-state index in [1.807, 2.05) is 61.5 Å². The molecule has 7 heteroatoms. The highest BCUT2D eigenvalue weighted by atomic mass is 35.5. The maximum Gasteiger partial charge on any atom is 0.292 e. The van der Waals surface area contributed by atoms with Gasteiger partial charge >= 0.3 is 0 Å². The van der Waals surface area contributed by atoms with Crippen LogP contribution in [-0.4, -0.2) is 22.6 Å². The molecule has 0 radical (unpaired) electrons. The number of hydrogen-bond acceptors (Lipinski definition) is 5. The summed E-state index contributed by atoms with van der Waals surface area (Å²) in [5.74, 6) is 0.727. The molecule has 4 aromatic rings. The molecule has 30 heavy (non-hydrogen) atoms. The van der Waals surface area contributed by atoms with E-state index in [9.17, 15) is 4.79 Å². The molecule has 0 unspecified atom stereocenters. The molecule has 150 valence electrons. The Bertz CT molecular complexity index is 1270. The smallest absolute Gasteiger partial charge is 0.292 e. The van der Waals surface area contributed by atoms with Crippen LogP contribution < -0.4 is 15.7 Å². The van der Waals surface area contributed by atoms with Gasteiger partial charge in [-0.05, 0) is 35.9 Å². The van der Waals surface area contributed by atoms with E-state index in [1.165, 1.54) is 10.9 Å². The van der Waals surface area contributed by atoms with Crippen molar-refractivity contribution in [3.8, 4) is 11.4 Å². The van der Waals surface area contributed by atoms with Crippen LogP contribution in [0.2, 0.25) is 5.02 Å². The van der Waals surface area contributed by atoms with Gasteiger partial charge in [-0.2, -0.15) is 14.9 Å². The molecule has 1 N–H and O–H groups in total. The number of nitrogens with zero attached hydrogens (tertiary/aromatic N) is 3. The fourth-order valence-corrected chi connectivity index (χ4v) is 3.29. The van der Waals surface area contributed by atoms with E-state index in [1.54, 1.807) is 18.3 Å². The predicted octanol–water partition coefficient (Wildman–Crippen LogP) is 4.88. The average Bonchev–Trinajstić information content (AvgIpc) is 2.78.